The largest absolute Gasteiger partial charge is 0.490 e. The molecule has 5 N–H and O–H groups in total. The Kier molecular flexibility index (Phi) is 8.11. The number of hydrogen-bond acceptors (Lipinski definition) is 13. The molecule has 0 radical (unpaired) electrons. The molecule has 2 aromatic rings. The van der Waals surface area contributed by atoms with Gasteiger partial charge in [-0.2, -0.15) is 31.7 Å². The average Bonchev–Trinajstić information content (AvgIpc) is 3.77. The number of alkyl halides is 3. The predicted octanol–water partition coefficient (Wildman–Crippen LogP) is -0.235. The first-order valence-corrected chi connectivity index (χ1v) is 13.9. The van der Waals surface area contributed by atoms with Gasteiger partial charge in [-0.3, -0.25) is 0 Å². The number of carbonyl (C=O) groups excluding carboxylic acids is 2. The van der Waals surface area contributed by atoms with Crippen molar-refractivity contribution in [1.29, 1.82) is 0 Å². The number of rotatable bonds is 8. The number of hydrogen-bond donors (Lipinski definition) is 3. The number of halogens is 3. The highest BCUT2D eigenvalue weighted by Gasteiger charge is 2.51. The zero-order chi connectivity index (χ0) is 32.0. The van der Waals surface area contributed by atoms with Crippen molar-refractivity contribution in [1.82, 2.24) is 29.9 Å². The minimum absolute atomic E-state index is 0.0467. The van der Waals surface area contributed by atoms with Gasteiger partial charge < -0.3 is 35.2 Å². The Bertz CT molecular complexity index is 1480. The average molecular weight is 649 g/mol. The number of carboxylic acids is 1. The van der Waals surface area contributed by atoms with Gasteiger partial charge in [0.2, 0.25) is 11.8 Å². The third kappa shape index (κ3) is 5.71. The number of hydroxylamine groups is 4. The quantitative estimate of drug-likeness (QED) is 0.335. The van der Waals surface area contributed by atoms with E-state index in [9.17, 15) is 31.2 Å². The molecule has 4 aliphatic rings. The Morgan fingerprint density at radius 1 is 0.909 bits per heavy atom. The fraction of sp³-hybridized carbons (Fsp3) is 0.409. The molecule has 4 amide bonds. The molecule has 4 bridgehead atoms. The molecule has 0 aromatic carbocycles. The van der Waals surface area contributed by atoms with Crippen molar-refractivity contribution < 1.29 is 58.5 Å². The second-order valence-electron chi connectivity index (χ2n) is 9.44. The summed E-state index contributed by atoms with van der Waals surface area (Å²) in [4.78, 5) is 45.9. The van der Waals surface area contributed by atoms with Crippen LogP contribution in [0.3, 0.4) is 0 Å². The van der Waals surface area contributed by atoms with Crippen molar-refractivity contribution in [3.63, 3.8) is 0 Å². The second kappa shape index (κ2) is 11.5. The van der Waals surface area contributed by atoms with Crippen molar-refractivity contribution in [3.05, 3.63) is 48.9 Å². The number of nitrogens with two attached hydrogens (primary N) is 2. The Hall–Kier alpha value is -4.51. The lowest BCUT2D eigenvalue weighted by molar-refractivity contribution is -0.192. The van der Waals surface area contributed by atoms with Gasteiger partial charge >= 0.3 is 34.6 Å². The third-order valence-electron chi connectivity index (χ3n) is 6.84. The summed E-state index contributed by atoms with van der Waals surface area (Å²) in [6.07, 6.45) is 3.77. The van der Waals surface area contributed by atoms with Crippen LogP contribution in [-0.4, -0.2) is 118 Å². The lowest BCUT2D eigenvalue weighted by Crippen LogP contribution is -2.45. The van der Waals surface area contributed by atoms with Crippen LogP contribution in [0.15, 0.2) is 45.9 Å². The van der Waals surface area contributed by atoms with Gasteiger partial charge in [0.15, 0.2) is 0 Å². The highest BCUT2D eigenvalue weighted by atomic mass is 32.3. The minimum atomic E-state index is -5.08. The summed E-state index contributed by atoms with van der Waals surface area (Å²) < 4.78 is 78.4. The van der Waals surface area contributed by atoms with E-state index >= 15 is 0 Å². The number of fused-ring (bicyclic) bond motifs is 4. The van der Waals surface area contributed by atoms with Crippen LogP contribution in [0.5, 0.6) is 0 Å². The molecule has 0 aliphatic carbocycles. The highest BCUT2D eigenvalue weighted by Crippen LogP contribution is 2.36. The Labute approximate surface area is 245 Å². The number of nitrogens with zero attached hydrogens (tertiary/aromatic N) is 6. The molecular formula is C22H23F3N8O10S. The number of oxazole rings is 2. The maximum Gasteiger partial charge on any atom is 0.490 e. The van der Waals surface area contributed by atoms with E-state index in [0.29, 0.717) is 21.3 Å². The number of urea groups is 2. The summed E-state index contributed by atoms with van der Waals surface area (Å²) in [5, 5.41) is 8.45. The van der Waals surface area contributed by atoms with E-state index in [4.69, 9.17) is 38.8 Å². The predicted molar refractivity (Wildman–Crippen MR) is 135 cm³/mol. The number of aromatic nitrogens is 2. The Balaban J connectivity index is 0.000000493. The van der Waals surface area contributed by atoms with Crippen molar-refractivity contribution in [2.24, 2.45) is 11.5 Å². The maximum absolute atomic E-state index is 13.0. The van der Waals surface area contributed by atoms with Gasteiger partial charge in [0, 0.05) is 37.3 Å². The van der Waals surface area contributed by atoms with Gasteiger partial charge in [-0.1, -0.05) is 0 Å². The smallest absolute Gasteiger partial charge is 0.475 e. The number of amides is 4. The molecular weight excluding hydrogens is 625 g/mol. The van der Waals surface area contributed by atoms with Crippen molar-refractivity contribution in [2.75, 3.05) is 26.2 Å². The van der Waals surface area contributed by atoms with Crippen LogP contribution in [0.25, 0.3) is 11.1 Å². The standard InChI is InChI=1S/C20H22N8O8S.C2HF3O2/c21-7-15-13(17-23-1-3-33-17)5-11-9-25(15)19(29)27(11)35-37(31,32)36-28-12-6-14(18-24-2-4-34-18)16(8-22)26(10-12)20(28)30;3-2(4,5)1(6)7/h1-6,11-12,15-16H,7-10,21-22H2;(H,6,7)/t11-,12-,15-,16-;/m1./s1. The molecule has 2 fully saturated rings. The van der Waals surface area contributed by atoms with Crippen LogP contribution in [0.2, 0.25) is 0 Å². The Morgan fingerprint density at radius 2 is 1.30 bits per heavy atom. The number of aliphatic carboxylic acids is 1. The zero-order valence-corrected chi connectivity index (χ0v) is 22.9. The van der Waals surface area contributed by atoms with Crippen molar-refractivity contribution in [3.8, 4) is 0 Å². The van der Waals surface area contributed by atoms with Crippen molar-refractivity contribution in [2.45, 2.75) is 30.3 Å². The number of carboxylic acid groups (broad SMARTS) is 1. The van der Waals surface area contributed by atoms with Gasteiger partial charge in [-0.25, -0.2) is 24.4 Å². The van der Waals surface area contributed by atoms with E-state index in [2.05, 4.69) is 9.97 Å². The van der Waals surface area contributed by atoms with Crippen LogP contribution in [0.4, 0.5) is 22.8 Å². The SMILES string of the molecule is NC[C@@H]1C(c2ncco2)=C[C@@H]2CN1C(=O)N2OS(=O)(=O)ON1C(=O)N2C[C@H]1C=C(c1ncco1)[C@H]2CN.O=C(O)C(F)(F)F. The minimum Gasteiger partial charge on any atom is -0.475 e. The summed E-state index contributed by atoms with van der Waals surface area (Å²) >= 11 is 0. The molecule has 0 unspecified atom stereocenters. The third-order valence-corrected chi connectivity index (χ3v) is 7.53. The summed E-state index contributed by atoms with van der Waals surface area (Å²) in [5.41, 5.74) is 12.8. The fourth-order valence-electron chi connectivity index (χ4n) is 5.03. The maximum atomic E-state index is 13.0. The normalized spacial score (nSPS) is 24.8. The molecule has 0 saturated carbocycles. The molecule has 22 heteroatoms. The number of carbonyl (C=O) groups is 3. The van der Waals surface area contributed by atoms with Crippen molar-refractivity contribution >= 4 is 39.6 Å². The van der Waals surface area contributed by atoms with E-state index in [-0.39, 0.29) is 38.0 Å². The van der Waals surface area contributed by atoms with E-state index in [1.807, 2.05) is 0 Å². The molecule has 2 saturated heterocycles. The fourth-order valence-corrected chi connectivity index (χ4v) is 5.80. The molecule has 2 aromatic heterocycles. The monoisotopic (exact) mass is 648 g/mol. The topological polar surface area (TPSA) is 241 Å². The lowest BCUT2D eigenvalue weighted by atomic mass is 9.99. The summed E-state index contributed by atoms with van der Waals surface area (Å²) in [7, 11) is -4.92. The van der Waals surface area contributed by atoms with Gasteiger partial charge in [-0.15, -0.1) is 8.57 Å². The first kappa shape index (κ1) is 30.9. The van der Waals surface area contributed by atoms with Crippen LogP contribution in [0.1, 0.15) is 11.8 Å². The first-order valence-electron chi connectivity index (χ1n) is 12.5. The Morgan fingerprint density at radius 3 is 1.59 bits per heavy atom. The molecule has 44 heavy (non-hydrogen) atoms. The summed E-state index contributed by atoms with van der Waals surface area (Å²) in [5.74, 6) is -2.25. The molecule has 18 nitrogen and oxygen atoms in total. The zero-order valence-electron chi connectivity index (χ0n) is 22.1. The highest BCUT2D eigenvalue weighted by molar-refractivity contribution is 7.81. The first-order chi connectivity index (χ1) is 20.8. The molecule has 0 spiro atoms. The van der Waals surface area contributed by atoms with Gasteiger partial charge in [0.25, 0.3) is 0 Å². The van der Waals surface area contributed by atoms with E-state index in [1.54, 1.807) is 12.2 Å². The van der Waals surface area contributed by atoms with Crippen LogP contribution < -0.4 is 11.5 Å². The molecule has 4 aliphatic heterocycles. The van der Waals surface area contributed by atoms with Crippen LogP contribution in [0, 0.1) is 0 Å². The van der Waals surface area contributed by atoms with Crippen LogP contribution in [-0.2, 0) is 23.8 Å². The molecule has 6 heterocycles. The van der Waals surface area contributed by atoms with Gasteiger partial charge in [0.1, 0.15) is 12.5 Å². The lowest BCUT2D eigenvalue weighted by Gasteiger charge is -2.29. The van der Waals surface area contributed by atoms with E-state index in [1.165, 1.54) is 34.7 Å². The van der Waals surface area contributed by atoms with Gasteiger partial charge in [-0.05, 0) is 12.2 Å². The van der Waals surface area contributed by atoms with E-state index < -0.39 is 58.8 Å². The van der Waals surface area contributed by atoms with Crippen LogP contribution >= 0.6 is 0 Å². The molecule has 6 rings (SSSR count). The second-order valence-corrected chi connectivity index (χ2v) is 10.6. The molecule has 4 atom stereocenters. The molecule has 238 valence electrons. The van der Waals surface area contributed by atoms with E-state index in [0.717, 1.165) is 0 Å². The van der Waals surface area contributed by atoms with Gasteiger partial charge in [0.05, 0.1) is 36.6 Å². The summed E-state index contributed by atoms with van der Waals surface area (Å²) in [6, 6.07) is -4.28. The summed E-state index contributed by atoms with van der Waals surface area (Å²) in [6.45, 7) is 0.343.